The van der Waals surface area contributed by atoms with Crippen LogP contribution in [0.1, 0.15) is 25.0 Å². The molecule has 0 atom stereocenters. The largest absolute Gasteiger partial charge is 0.309 e. The van der Waals surface area contributed by atoms with Gasteiger partial charge in [0.15, 0.2) is 0 Å². The number of hydrogen-bond donors (Lipinski definition) is 0. The summed E-state index contributed by atoms with van der Waals surface area (Å²) in [4.78, 5) is 0. The molecule has 2 nitrogen and oxygen atoms in total. The first kappa shape index (κ1) is 29.0. The molecular formula is C51H34N2. The van der Waals surface area contributed by atoms with Gasteiger partial charge in [-0.2, -0.15) is 0 Å². The van der Waals surface area contributed by atoms with Crippen LogP contribution >= 0.6 is 0 Å². The van der Waals surface area contributed by atoms with Crippen LogP contribution in [0.5, 0.6) is 0 Å². The summed E-state index contributed by atoms with van der Waals surface area (Å²) in [6, 6.07) is 63.3. The Balaban J connectivity index is 0.992. The minimum atomic E-state index is -0.0520. The molecule has 0 bridgehead atoms. The van der Waals surface area contributed by atoms with E-state index in [-0.39, 0.29) is 5.41 Å². The first-order valence-corrected chi connectivity index (χ1v) is 18.6. The number of hydrogen-bond acceptors (Lipinski definition) is 0. The summed E-state index contributed by atoms with van der Waals surface area (Å²) < 4.78 is 4.92. The first-order chi connectivity index (χ1) is 26.0. The van der Waals surface area contributed by atoms with Crippen molar-refractivity contribution in [2.24, 2.45) is 0 Å². The van der Waals surface area contributed by atoms with Crippen LogP contribution in [-0.4, -0.2) is 8.97 Å². The van der Waals surface area contributed by atoms with E-state index in [0.717, 1.165) is 0 Å². The minimum absolute atomic E-state index is 0.0520. The molecule has 3 heterocycles. The normalized spacial score (nSPS) is 13.6. The van der Waals surface area contributed by atoms with E-state index in [9.17, 15) is 0 Å². The van der Waals surface area contributed by atoms with Crippen molar-refractivity contribution < 1.29 is 0 Å². The molecule has 248 valence electrons. The van der Waals surface area contributed by atoms with Gasteiger partial charge in [-0.15, -0.1) is 0 Å². The van der Waals surface area contributed by atoms with Crippen LogP contribution in [0.2, 0.25) is 0 Å². The van der Waals surface area contributed by atoms with Crippen LogP contribution in [0.25, 0.3) is 99.0 Å². The Morgan fingerprint density at radius 2 is 0.943 bits per heavy atom. The summed E-state index contributed by atoms with van der Waals surface area (Å²) in [6.45, 7) is 4.72. The van der Waals surface area contributed by atoms with E-state index in [0.29, 0.717) is 0 Å². The molecule has 0 radical (unpaired) electrons. The molecule has 0 amide bonds. The maximum absolute atomic E-state index is 2.47. The molecule has 53 heavy (non-hydrogen) atoms. The summed E-state index contributed by atoms with van der Waals surface area (Å²) in [5.41, 5.74) is 17.8. The van der Waals surface area contributed by atoms with Gasteiger partial charge >= 0.3 is 0 Å². The summed E-state index contributed by atoms with van der Waals surface area (Å²) in [7, 11) is 0. The molecule has 0 unspecified atom stereocenters. The van der Waals surface area contributed by atoms with Crippen LogP contribution in [-0.2, 0) is 5.41 Å². The van der Waals surface area contributed by atoms with E-state index >= 15 is 0 Å². The highest BCUT2D eigenvalue weighted by atomic mass is 15.0. The second-order valence-electron chi connectivity index (χ2n) is 15.4. The van der Waals surface area contributed by atoms with Crippen LogP contribution in [0.3, 0.4) is 0 Å². The molecule has 0 fully saturated rings. The van der Waals surface area contributed by atoms with Gasteiger partial charge < -0.3 is 8.97 Å². The average molecular weight is 675 g/mol. The van der Waals surface area contributed by atoms with Crippen LogP contribution in [0.4, 0.5) is 0 Å². The van der Waals surface area contributed by atoms with Crippen molar-refractivity contribution in [1.29, 1.82) is 0 Å². The molecule has 0 aliphatic heterocycles. The standard InChI is InChI=1S/C51H34N2/c1-51(2)44-18-6-3-13-36(44)37-25-23-35(30-45(37)51)52-46-19-7-5-15-39(46)43-28-33(22-26-48(43)52)31-11-9-12-32(27-31)34-21-24-40-42-17-10-16-41-38-14-4-8-20-47(38)53(50(41)42)49(40)29-34/h3-30H,1-2H3. The van der Waals surface area contributed by atoms with Crippen molar-refractivity contribution in [3.05, 3.63) is 181 Å². The molecule has 3 aromatic heterocycles. The third-order valence-corrected chi connectivity index (χ3v) is 12.3. The molecule has 0 saturated heterocycles. The molecule has 8 aromatic carbocycles. The van der Waals surface area contributed by atoms with Crippen molar-refractivity contribution in [2.45, 2.75) is 19.3 Å². The monoisotopic (exact) mass is 674 g/mol. The number of fused-ring (bicyclic) bond motifs is 12. The quantitative estimate of drug-likeness (QED) is 0.176. The maximum atomic E-state index is 2.47. The topological polar surface area (TPSA) is 9.34 Å². The van der Waals surface area contributed by atoms with Gasteiger partial charge in [0.2, 0.25) is 0 Å². The fourth-order valence-corrected chi connectivity index (χ4v) is 9.75. The third-order valence-electron chi connectivity index (χ3n) is 12.3. The number of aromatic nitrogens is 2. The van der Waals surface area contributed by atoms with Crippen molar-refractivity contribution in [3.63, 3.8) is 0 Å². The van der Waals surface area contributed by atoms with Crippen LogP contribution in [0, 0.1) is 0 Å². The highest BCUT2D eigenvalue weighted by Gasteiger charge is 2.35. The van der Waals surface area contributed by atoms with Crippen molar-refractivity contribution >= 4 is 59.9 Å². The lowest BCUT2D eigenvalue weighted by atomic mass is 9.82. The molecule has 12 rings (SSSR count). The van der Waals surface area contributed by atoms with Gasteiger partial charge in [0.25, 0.3) is 0 Å². The predicted molar refractivity (Wildman–Crippen MR) is 224 cm³/mol. The molecule has 1 aliphatic rings. The molecule has 0 saturated carbocycles. The van der Waals surface area contributed by atoms with Gasteiger partial charge in [0.1, 0.15) is 0 Å². The van der Waals surface area contributed by atoms with Gasteiger partial charge in [0.05, 0.1) is 27.6 Å². The average Bonchev–Trinajstić information content (AvgIpc) is 3.91. The third kappa shape index (κ3) is 3.82. The Labute approximate surface area is 307 Å². The molecule has 0 spiro atoms. The Hall–Kier alpha value is -6.64. The summed E-state index contributed by atoms with van der Waals surface area (Å²) >= 11 is 0. The van der Waals surface area contributed by atoms with Gasteiger partial charge in [-0.05, 0) is 93.0 Å². The number of nitrogens with zero attached hydrogens (tertiary/aromatic N) is 2. The molecule has 1 aliphatic carbocycles. The highest BCUT2D eigenvalue weighted by Crippen LogP contribution is 2.49. The lowest BCUT2D eigenvalue weighted by Crippen LogP contribution is -2.15. The zero-order valence-corrected chi connectivity index (χ0v) is 29.6. The fraction of sp³-hybridized carbons (Fsp3) is 0.0588. The van der Waals surface area contributed by atoms with E-state index in [1.54, 1.807) is 0 Å². The van der Waals surface area contributed by atoms with Crippen molar-refractivity contribution in [2.75, 3.05) is 0 Å². The molecule has 2 heteroatoms. The zero-order chi connectivity index (χ0) is 35.0. The molecule has 0 N–H and O–H groups in total. The van der Waals surface area contributed by atoms with Crippen LogP contribution < -0.4 is 0 Å². The van der Waals surface area contributed by atoms with Crippen LogP contribution in [0.15, 0.2) is 170 Å². The predicted octanol–water partition coefficient (Wildman–Crippen LogP) is 13.6. The zero-order valence-electron chi connectivity index (χ0n) is 29.6. The maximum Gasteiger partial charge on any atom is 0.0620 e. The Kier molecular flexibility index (Phi) is 5.60. The van der Waals surface area contributed by atoms with Crippen molar-refractivity contribution in [3.8, 4) is 39.1 Å². The van der Waals surface area contributed by atoms with Gasteiger partial charge in [-0.3, -0.25) is 0 Å². The van der Waals surface area contributed by atoms with E-state index in [2.05, 4.69) is 193 Å². The van der Waals surface area contributed by atoms with Gasteiger partial charge in [-0.25, -0.2) is 0 Å². The first-order valence-electron chi connectivity index (χ1n) is 18.6. The van der Waals surface area contributed by atoms with Crippen molar-refractivity contribution in [1.82, 2.24) is 8.97 Å². The molecular weight excluding hydrogens is 641 g/mol. The summed E-state index contributed by atoms with van der Waals surface area (Å²) in [5, 5.41) is 7.78. The number of para-hydroxylation sites is 3. The highest BCUT2D eigenvalue weighted by molar-refractivity contribution is 6.23. The number of rotatable bonds is 3. The lowest BCUT2D eigenvalue weighted by molar-refractivity contribution is 0.660. The smallest absolute Gasteiger partial charge is 0.0620 e. The van der Waals surface area contributed by atoms with E-state index in [4.69, 9.17) is 0 Å². The lowest BCUT2D eigenvalue weighted by Gasteiger charge is -2.22. The Morgan fingerprint density at radius 3 is 1.77 bits per heavy atom. The van der Waals surface area contributed by atoms with E-state index < -0.39 is 0 Å². The van der Waals surface area contributed by atoms with E-state index in [1.165, 1.54) is 110 Å². The second-order valence-corrected chi connectivity index (χ2v) is 15.4. The molecule has 11 aromatic rings. The summed E-state index contributed by atoms with van der Waals surface area (Å²) in [6.07, 6.45) is 0. The SMILES string of the molecule is CC1(C)c2ccccc2-c2ccc(-n3c4ccccc4c4cc(-c5cccc(-c6ccc7c8cccc9c%10ccccc%10n(c7c6)c98)c5)ccc43)cc21. The second kappa shape index (κ2) is 10.2. The fourth-order valence-electron chi connectivity index (χ4n) is 9.75. The van der Waals surface area contributed by atoms with Gasteiger partial charge in [-0.1, -0.05) is 135 Å². The summed E-state index contributed by atoms with van der Waals surface area (Å²) in [5.74, 6) is 0. The number of benzene rings is 8. The van der Waals surface area contributed by atoms with Gasteiger partial charge in [0, 0.05) is 43.4 Å². The Bertz CT molecular complexity index is 3310. The Morgan fingerprint density at radius 1 is 0.358 bits per heavy atom. The van der Waals surface area contributed by atoms with E-state index in [1.807, 2.05) is 0 Å². The minimum Gasteiger partial charge on any atom is -0.309 e.